The van der Waals surface area contributed by atoms with E-state index in [4.69, 9.17) is 0 Å². The summed E-state index contributed by atoms with van der Waals surface area (Å²) in [5.41, 5.74) is 5.66. The van der Waals surface area contributed by atoms with Gasteiger partial charge in [0.15, 0.2) is 0 Å². The Balaban J connectivity index is 1.62. The minimum atomic E-state index is 0.524. The van der Waals surface area contributed by atoms with Gasteiger partial charge in [0.1, 0.15) is 0 Å². The Morgan fingerprint density at radius 2 is 1.33 bits per heavy atom. The third-order valence-electron chi connectivity index (χ3n) is 6.24. The second kappa shape index (κ2) is 6.72. The van der Waals surface area contributed by atoms with Crippen molar-refractivity contribution in [3.8, 4) is 0 Å². The van der Waals surface area contributed by atoms with Crippen LogP contribution in [0.2, 0.25) is 0 Å². The molecule has 126 valence electrons. The molecule has 0 saturated carbocycles. The molecule has 0 aliphatic carbocycles. The van der Waals surface area contributed by atoms with Crippen molar-refractivity contribution >= 4 is 0 Å². The number of aryl methyl sites for hydroxylation is 2. The quantitative estimate of drug-likeness (QED) is 0.738. The molecule has 2 aromatic carbocycles. The minimum Gasteiger partial charge on any atom is -0.300 e. The van der Waals surface area contributed by atoms with Gasteiger partial charge in [-0.25, -0.2) is 0 Å². The molecule has 3 aliphatic heterocycles. The summed E-state index contributed by atoms with van der Waals surface area (Å²) >= 11 is 0. The molecule has 5 rings (SSSR count). The number of piperidine rings is 3. The van der Waals surface area contributed by atoms with Crippen LogP contribution >= 0.6 is 0 Å². The molecular formula is C23H29N. The van der Waals surface area contributed by atoms with Crippen LogP contribution in [0.1, 0.15) is 53.9 Å². The van der Waals surface area contributed by atoms with E-state index in [0.29, 0.717) is 5.92 Å². The van der Waals surface area contributed by atoms with E-state index >= 15 is 0 Å². The third kappa shape index (κ3) is 3.28. The standard InChI is InChI=1S/C23H29N/c1-17-3-7-20(8-4-17)23(21-9-5-18(2)6-10-21)16-22-15-19-11-13-24(22)14-12-19/h3-10,19,22-23H,11-16H2,1-2H3. The summed E-state index contributed by atoms with van der Waals surface area (Å²) < 4.78 is 0. The average Bonchev–Trinajstić information content (AvgIpc) is 2.62. The summed E-state index contributed by atoms with van der Waals surface area (Å²) in [5, 5.41) is 0. The van der Waals surface area contributed by atoms with Crippen molar-refractivity contribution in [3.63, 3.8) is 0 Å². The molecule has 3 saturated heterocycles. The van der Waals surface area contributed by atoms with Crippen molar-refractivity contribution in [1.29, 1.82) is 0 Å². The van der Waals surface area contributed by atoms with Gasteiger partial charge in [0.05, 0.1) is 0 Å². The SMILES string of the molecule is Cc1ccc(C(CC2CC3CCN2CC3)c2ccc(C)cc2)cc1. The Labute approximate surface area is 146 Å². The molecule has 0 aromatic heterocycles. The van der Waals surface area contributed by atoms with Crippen LogP contribution in [-0.2, 0) is 0 Å². The molecule has 2 bridgehead atoms. The Morgan fingerprint density at radius 1 is 0.833 bits per heavy atom. The fraction of sp³-hybridized carbons (Fsp3) is 0.478. The van der Waals surface area contributed by atoms with Crippen LogP contribution in [0.3, 0.4) is 0 Å². The van der Waals surface area contributed by atoms with Crippen molar-refractivity contribution in [3.05, 3.63) is 70.8 Å². The van der Waals surface area contributed by atoms with Gasteiger partial charge in [-0.2, -0.15) is 0 Å². The number of hydrogen-bond acceptors (Lipinski definition) is 1. The molecule has 3 heterocycles. The van der Waals surface area contributed by atoms with Gasteiger partial charge >= 0.3 is 0 Å². The van der Waals surface area contributed by atoms with Gasteiger partial charge in [-0.05, 0) is 69.7 Å². The minimum absolute atomic E-state index is 0.524. The summed E-state index contributed by atoms with van der Waals surface area (Å²) in [6.07, 6.45) is 5.53. The zero-order valence-electron chi connectivity index (χ0n) is 15.0. The van der Waals surface area contributed by atoms with Crippen molar-refractivity contribution in [2.24, 2.45) is 5.92 Å². The average molecular weight is 319 g/mol. The molecule has 3 aliphatic rings. The van der Waals surface area contributed by atoms with Gasteiger partial charge in [0.25, 0.3) is 0 Å². The van der Waals surface area contributed by atoms with Crippen LogP contribution < -0.4 is 0 Å². The molecule has 2 aromatic rings. The van der Waals surface area contributed by atoms with Crippen molar-refractivity contribution in [2.75, 3.05) is 13.1 Å². The van der Waals surface area contributed by atoms with E-state index in [9.17, 15) is 0 Å². The largest absolute Gasteiger partial charge is 0.300 e. The van der Waals surface area contributed by atoms with Gasteiger partial charge in [0, 0.05) is 12.0 Å². The lowest BCUT2D eigenvalue weighted by Gasteiger charge is -2.46. The first-order chi connectivity index (χ1) is 11.7. The maximum atomic E-state index is 2.76. The number of fused-ring (bicyclic) bond motifs is 3. The highest BCUT2D eigenvalue weighted by molar-refractivity contribution is 5.35. The molecule has 1 atom stereocenters. The molecule has 1 unspecified atom stereocenters. The van der Waals surface area contributed by atoms with Gasteiger partial charge < -0.3 is 4.90 Å². The van der Waals surface area contributed by atoms with Gasteiger partial charge in [-0.3, -0.25) is 0 Å². The molecule has 0 spiro atoms. The fourth-order valence-electron chi connectivity index (χ4n) is 4.67. The first kappa shape index (κ1) is 15.9. The van der Waals surface area contributed by atoms with Crippen molar-refractivity contribution in [1.82, 2.24) is 4.90 Å². The number of benzene rings is 2. The lowest BCUT2D eigenvalue weighted by Crippen LogP contribution is -2.49. The Bertz CT molecular complexity index is 617. The lowest BCUT2D eigenvalue weighted by atomic mass is 9.77. The highest BCUT2D eigenvalue weighted by atomic mass is 15.2. The zero-order chi connectivity index (χ0) is 16.5. The lowest BCUT2D eigenvalue weighted by molar-refractivity contribution is 0.0431. The number of rotatable bonds is 4. The normalized spacial score (nSPS) is 26.0. The Hall–Kier alpha value is -1.60. The van der Waals surface area contributed by atoms with E-state index in [-0.39, 0.29) is 0 Å². The smallest absolute Gasteiger partial charge is 0.0107 e. The highest BCUT2D eigenvalue weighted by Gasteiger charge is 2.35. The molecule has 3 fully saturated rings. The van der Waals surface area contributed by atoms with Crippen LogP contribution in [0.15, 0.2) is 48.5 Å². The van der Waals surface area contributed by atoms with E-state index in [2.05, 4.69) is 67.3 Å². The summed E-state index contributed by atoms with van der Waals surface area (Å²) in [6.45, 7) is 7.00. The van der Waals surface area contributed by atoms with Crippen LogP contribution in [0.25, 0.3) is 0 Å². The van der Waals surface area contributed by atoms with E-state index < -0.39 is 0 Å². The molecule has 0 amide bonds. The van der Waals surface area contributed by atoms with E-state index in [1.54, 1.807) is 0 Å². The molecule has 1 heteroatoms. The predicted molar refractivity (Wildman–Crippen MR) is 102 cm³/mol. The topological polar surface area (TPSA) is 3.24 Å². The third-order valence-corrected chi connectivity index (χ3v) is 6.24. The van der Waals surface area contributed by atoms with Crippen LogP contribution in [0, 0.1) is 19.8 Å². The summed E-state index contributed by atoms with van der Waals surface area (Å²) in [6, 6.07) is 19.2. The second-order valence-electron chi connectivity index (χ2n) is 7.98. The fourth-order valence-corrected chi connectivity index (χ4v) is 4.67. The van der Waals surface area contributed by atoms with E-state index in [1.807, 2.05) is 0 Å². The van der Waals surface area contributed by atoms with Crippen LogP contribution in [-0.4, -0.2) is 24.0 Å². The Kier molecular flexibility index (Phi) is 4.45. The monoisotopic (exact) mass is 319 g/mol. The first-order valence-electron chi connectivity index (χ1n) is 9.56. The Morgan fingerprint density at radius 3 is 1.75 bits per heavy atom. The van der Waals surface area contributed by atoms with Gasteiger partial charge in [-0.15, -0.1) is 0 Å². The molecular weight excluding hydrogens is 290 g/mol. The number of nitrogens with zero attached hydrogens (tertiary/aromatic N) is 1. The molecule has 24 heavy (non-hydrogen) atoms. The van der Waals surface area contributed by atoms with Gasteiger partial charge in [-0.1, -0.05) is 59.7 Å². The molecule has 0 radical (unpaired) electrons. The zero-order valence-corrected chi connectivity index (χ0v) is 15.0. The summed E-state index contributed by atoms with van der Waals surface area (Å²) in [7, 11) is 0. The van der Waals surface area contributed by atoms with Crippen molar-refractivity contribution < 1.29 is 0 Å². The maximum Gasteiger partial charge on any atom is 0.0107 e. The van der Waals surface area contributed by atoms with Gasteiger partial charge in [0.2, 0.25) is 0 Å². The summed E-state index contributed by atoms with van der Waals surface area (Å²) in [5.74, 6) is 1.51. The molecule has 1 nitrogen and oxygen atoms in total. The highest BCUT2D eigenvalue weighted by Crippen LogP contribution is 2.38. The van der Waals surface area contributed by atoms with E-state index in [1.165, 1.54) is 61.0 Å². The summed E-state index contributed by atoms with van der Waals surface area (Å²) in [4.78, 5) is 2.76. The predicted octanol–water partition coefficient (Wildman–Crippen LogP) is 5.31. The van der Waals surface area contributed by atoms with Crippen LogP contribution in [0.4, 0.5) is 0 Å². The maximum absolute atomic E-state index is 2.76. The van der Waals surface area contributed by atoms with E-state index in [0.717, 1.165) is 12.0 Å². The second-order valence-corrected chi connectivity index (χ2v) is 7.98. The molecule has 0 N–H and O–H groups in total. The van der Waals surface area contributed by atoms with Crippen molar-refractivity contribution in [2.45, 2.75) is 51.5 Å². The number of hydrogen-bond donors (Lipinski definition) is 0. The van der Waals surface area contributed by atoms with Crippen LogP contribution in [0.5, 0.6) is 0 Å². The first-order valence-corrected chi connectivity index (χ1v) is 9.56.